The number of benzene rings is 1. The van der Waals surface area contributed by atoms with E-state index < -0.39 is 30.3 Å². The van der Waals surface area contributed by atoms with Crippen molar-refractivity contribution in [2.24, 2.45) is 0 Å². The highest BCUT2D eigenvalue weighted by atomic mass is 19.4. The van der Waals surface area contributed by atoms with Crippen LogP contribution < -0.4 is 15.4 Å². The van der Waals surface area contributed by atoms with Crippen LogP contribution in [0.3, 0.4) is 0 Å². The highest BCUT2D eigenvalue weighted by molar-refractivity contribution is 5.87. The first-order valence-electron chi connectivity index (χ1n) is 7.63. The Kier molecular flexibility index (Phi) is 5.36. The molecule has 0 spiro atoms. The van der Waals surface area contributed by atoms with Crippen molar-refractivity contribution in [3.8, 4) is 5.75 Å². The second-order valence-corrected chi connectivity index (χ2v) is 5.65. The molecule has 132 valence electrons. The maximum absolute atomic E-state index is 13.3. The normalized spacial score (nSPS) is 21.2. The second-order valence-electron chi connectivity index (χ2n) is 5.65. The number of carbonyl (C=O) groups is 2. The van der Waals surface area contributed by atoms with Crippen LogP contribution in [0.5, 0.6) is 5.75 Å². The Balaban J connectivity index is 2.14. The van der Waals surface area contributed by atoms with Gasteiger partial charge in [0.15, 0.2) is 0 Å². The Hall–Kier alpha value is -2.25. The summed E-state index contributed by atoms with van der Waals surface area (Å²) in [5.74, 6) is -0.869. The van der Waals surface area contributed by atoms with Crippen LogP contribution in [0.1, 0.15) is 25.8 Å². The molecule has 8 heteroatoms. The zero-order valence-corrected chi connectivity index (χ0v) is 13.3. The Morgan fingerprint density at radius 2 is 2.00 bits per heavy atom. The summed E-state index contributed by atoms with van der Waals surface area (Å²) in [6.07, 6.45) is -6.57. The molecule has 2 amide bonds. The smallest absolute Gasteiger partial charge is 0.427 e. The van der Waals surface area contributed by atoms with E-state index in [9.17, 15) is 22.8 Å². The van der Waals surface area contributed by atoms with Crippen molar-refractivity contribution in [2.45, 2.75) is 51.1 Å². The molecule has 0 aliphatic carbocycles. The van der Waals surface area contributed by atoms with Gasteiger partial charge < -0.3 is 15.4 Å². The highest BCUT2D eigenvalue weighted by Crippen LogP contribution is 2.35. The number of carbonyl (C=O) groups excluding carboxylic acids is 2. The summed E-state index contributed by atoms with van der Waals surface area (Å²) < 4.78 is 44.8. The van der Waals surface area contributed by atoms with E-state index in [1.165, 1.54) is 13.0 Å². The predicted molar refractivity (Wildman–Crippen MR) is 80.4 cm³/mol. The summed E-state index contributed by atoms with van der Waals surface area (Å²) in [4.78, 5) is 23.4. The zero-order valence-electron chi connectivity index (χ0n) is 13.3. The number of fused-ring (bicyclic) bond motifs is 1. The van der Waals surface area contributed by atoms with E-state index in [1.807, 2.05) is 0 Å². The number of alkyl halides is 3. The Bertz CT molecular complexity index is 619. The first-order valence-corrected chi connectivity index (χ1v) is 7.63. The summed E-state index contributed by atoms with van der Waals surface area (Å²) in [7, 11) is 0. The first kappa shape index (κ1) is 18.1. The van der Waals surface area contributed by atoms with Gasteiger partial charge in [-0.2, -0.15) is 13.2 Å². The topological polar surface area (TPSA) is 67.4 Å². The van der Waals surface area contributed by atoms with Gasteiger partial charge in [0.2, 0.25) is 17.9 Å². The van der Waals surface area contributed by atoms with Crippen LogP contribution >= 0.6 is 0 Å². The van der Waals surface area contributed by atoms with Crippen LogP contribution in [-0.4, -0.2) is 36.2 Å². The number of rotatable bonds is 4. The highest BCUT2D eigenvalue weighted by Gasteiger charge is 2.50. The van der Waals surface area contributed by atoms with Crippen LogP contribution in [0.2, 0.25) is 0 Å². The van der Waals surface area contributed by atoms with Crippen molar-refractivity contribution in [3.63, 3.8) is 0 Å². The van der Waals surface area contributed by atoms with Gasteiger partial charge in [-0.1, -0.05) is 25.1 Å². The molecular weight excluding hydrogens is 325 g/mol. The predicted octanol–water partition coefficient (Wildman–Crippen LogP) is 1.95. The van der Waals surface area contributed by atoms with Gasteiger partial charge in [0, 0.05) is 12.8 Å². The lowest BCUT2D eigenvalue weighted by Crippen LogP contribution is -2.58. The van der Waals surface area contributed by atoms with E-state index >= 15 is 0 Å². The van der Waals surface area contributed by atoms with Crippen LogP contribution in [0, 0.1) is 0 Å². The number of amides is 2. The molecule has 0 unspecified atom stereocenters. The van der Waals surface area contributed by atoms with Crippen LogP contribution in [0.4, 0.5) is 13.2 Å². The Morgan fingerprint density at radius 3 is 2.62 bits per heavy atom. The third kappa shape index (κ3) is 4.18. The molecule has 5 nitrogen and oxygen atoms in total. The Morgan fingerprint density at radius 1 is 1.33 bits per heavy atom. The van der Waals surface area contributed by atoms with Gasteiger partial charge in [-0.3, -0.25) is 9.59 Å². The van der Waals surface area contributed by atoms with Crippen molar-refractivity contribution >= 4 is 11.8 Å². The minimum atomic E-state index is -4.62. The summed E-state index contributed by atoms with van der Waals surface area (Å²) >= 11 is 0. The number of nitrogens with one attached hydrogen (secondary N) is 2. The van der Waals surface area contributed by atoms with Crippen molar-refractivity contribution in [2.75, 3.05) is 0 Å². The lowest BCUT2D eigenvalue weighted by Gasteiger charge is -2.35. The summed E-state index contributed by atoms with van der Waals surface area (Å²) in [5, 5.41) is 4.77. The third-order valence-electron chi connectivity index (χ3n) is 3.77. The van der Waals surface area contributed by atoms with E-state index in [0.29, 0.717) is 5.56 Å². The molecule has 0 bridgehead atoms. The van der Waals surface area contributed by atoms with Crippen molar-refractivity contribution in [1.29, 1.82) is 0 Å². The molecule has 0 fully saturated rings. The molecule has 0 saturated carbocycles. The molecule has 1 aliphatic heterocycles. The number of halogens is 3. The molecule has 0 radical (unpaired) electrons. The van der Waals surface area contributed by atoms with Crippen molar-refractivity contribution < 1.29 is 27.5 Å². The lowest BCUT2D eigenvalue weighted by atomic mass is 9.96. The Labute approximate surface area is 137 Å². The van der Waals surface area contributed by atoms with Crippen LogP contribution in [-0.2, 0) is 16.0 Å². The third-order valence-corrected chi connectivity index (χ3v) is 3.77. The van der Waals surface area contributed by atoms with E-state index in [4.69, 9.17) is 4.74 Å². The standard InChI is InChI=1S/C16H19F3N2O3/c1-3-13(22)20-9(2)15(23)21-11-8-10-6-4-5-7-12(10)24-14(11)16(17,18)19/h4-7,9,11,14H,3,8H2,1-2H3,(H,20,22)(H,21,23)/t9-,11+,14+/m0/s1. The van der Waals surface area contributed by atoms with Gasteiger partial charge >= 0.3 is 6.18 Å². The molecule has 1 aromatic rings. The minimum Gasteiger partial charge on any atom is -0.478 e. The van der Waals surface area contributed by atoms with E-state index in [-0.39, 0.29) is 24.5 Å². The van der Waals surface area contributed by atoms with Gasteiger partial charge in [-0.15, -0.1) is 0 Å². The average Bonchev–Trinajstić information content (AvgIpc) is 2.52. The van der Waals surface area contributed by atoms with Gasteiger partial charge in [0.1, 0.15) is 11.8 Å². The molecule has 0 aromatic heterocycles. The fourth-order valence-corrected chi connectivity index (χ4v) is 2.49. The first-order chi connectivity index (χ1) is 11.2. The van der Waals surface area contributed by atoms with Gasteiger partial charge in [0.25, 0.3) is 0 Å². The van der Waals surface area contributed by atoms with Crippen molar-refractivity contribution in [1.82, 2.24) is 10.6 Å². The number of para-hydroxylation sites is 1. The van der Waals surface area contributed by atoms with Gasteiger partial charge in [-0.25, -0.2) is 0 Å². The molecular formula is C16H19F3N2O3. The fraction of sp³-hybridized carbons (Fsp3) is 0.500. The number of hydrogen-bond acceptors (Lipinski definition) is 3. The monoisotopic (exact) mass is 344 g/mol. The molecule has 1 heterocycles. The average molecular weight is 344 g/mol. The summed E-state index contributed by atoms with van der Waals surface area (Å²) in [5.41, 5.74) is 0.591. The van der Waals surface area contributed by atoms with E-state index in [1.54, 1.807) is 25.1 Å². The maximum Gasteiger partial charge on any atom is 0.427 e. The summed E-state index contributed by atoms with van der Waals surface area (Å²) in [6.45, 7) is 3.04. The molecule has 1 aliphatic rings. The molecule has 1 aromatic carbocycles. The fourth-order valence-electron chi connectivity index (χ4n) is 2.49. The second kappa shape index (κ2) is 7.11. The van der Waals surface area contributed by atoms with Crippen LogP contribution in [0.25, 0.3) is 0 Å². The number of ether oxygens (including phenoxy) is 1. The molecule has 2 rings (SSSR count). The quantitative estimate of drug-likeness (QED) is 0.877. The maximum atomic E-state index is 13.3. The van der Waals surface area contributed by atoms with Crippen molar-refractivity contribution in [3.05, 3.63) is 29.8 Å². The molecule has 2 N–H and O–H groups in total. The number of hydrogen-bond donors (Lipinski definition) is 2. The van der Waals surface area contributed by atoms with Gasteiger partial charge in [0.05, 0.1) is 6.04 Å². The van der Waals surface area contributed by atoms with E-state index in [0.717, 1.165) is 0 Å². The summed E-state index contributed by atoms with van der Waals surface area (Å²) in [6, 6.07) is 4.23. The molecule has 3 atom stereocenters. The molecule has 0 saturated heterocycles. The minimum absolute atomic E-state index is 0.000530. The van der Waals surface area contributed by atoms with Crippen LogP contribution in [0.15, 0.2) is 24.3 Å². The largest absolute Gasteiger partial charge is 0.478 e. The van der Waals surface area contributed by atoms with E-state index in [2.05, 4.69) is 10.6 Å². The van der Waals surface area contributed by atoms with Gasteiger partial charge in [-0.05, 0) is 18.6 Å². The lowest BCUT2D eigenvalue weighted by molar-refractivity contribution is -0.206. The zero-order chi connectivity index (χ0) is 17.9. The molecule has 24 heavy (non-hydrogen) atoms. The SMILES string of the molecule is CCC(=O)N[C@@H](C)C(=O)N[C@@H]1Cc2ccccc2O[C@H]1C(F)(F)F.